The molecule has 5 nitrogen and oxygen atoms in total. The zero-order valence-electron chi connectivity index (χ0n) is 11.6. The molecule has 2 heterocycles. The predicted octanol–water partition coefficient (Wildman–Crippen LogP) is 3.18. The van der Waals surface area contributed by atoms with Gasteiger partial charge in [-0.05, 0) is 49.3 Å². The van der Waals surface area contributed by atoms with E-state index in [0.29, 0.717) is 12.3 Å². The molecule has 1 aliphatic heterocycles. The minimum absolute atomic E-state index is 0.00654. The topological polar surface area (TPSA) is 70.8 Å². The number of likely N-dealkylation sites (tertiary alicyclic amines) is 1. The molecule has 1 N–H and O–H groups in total. The number of rotatable bonds is 2. The van der Waals surface area contributed by atoms with Crippen LogP contribution in [0.1, 0.15) is 48.9 Å². The first-order chi connectivity index (χ1) is 10.1. The van der Waals surface area contributed by atoms with Gasteiger partial charge in [-0.1, -0.05) is 12.8 Å². The van der Waals surface area contributed by atoms with Gasteiger partial charge < -0.3 is 14.4 Å². The largest absolute Gasteiger partial charge is 0.480 e. The summed E-state index contributed by atoms with van der Waals surface area (Å²) < 4.78 is 4.98. The molecule has 0 bridgehead atoms. The number of piperidine rings is 1. The number of hydrogen-bond acceptors (Lipinski definition) is 3. The number of fused-ring (bicyclic) bond motifs is 1. The van der Waals surface area contributed by atoms with Crippen molar-refractivity contribution in [1.29, 1.82) is 0 Å². The summed E-state index contributed by atoms with van der Waals surface area (Å²) >= 11 is 5.89. The average molecular weight is 312 g/mol. The van der Waals surface area contributed by atoms with E-state index in [2.05, 4.69) is 0 Å². The van der Waals surface area contributed by atoms with Crippen molar-refractivity contribution in [2.45, 2.75) is 50.6 Å². The fraction of sp³-hybridized carbons (Fsp3) is 0.600. The molecule has 114 valence electrons. The van der Waals surface area contributed by atoms with Crippen LogP contribution in [0, 0.1) is 5.92 Å². The molecule has 1 aliphatic carbocycles. The minimum Gasteiger partial charge on any atom is -0.480 e. The van der Waals surface area contributed by atoms with E-state index < -0.39 is 12.0 Å². The molecule has 1 saturated heterocycles. The molecule has 3 unspecified atom stereocenters. The first kappa shape index (κ1) is 14.4. The van der Waals surface area contributed by atoms with Crippen molar-refractivity contribution in [3.05, 3.63) is 23.1 Å². The quantitative estimate of drug-likeness (QED) is 0.910. The van der Waals surface area contributed by atoms with Crippen molar-refractivity contribution in [3.8, 4) is 0 Å². The summed E-state index contributed by atoms with van der Waals surface area (Å²) in [5.41, 5.74) is 0.258. The number of furan rings is 1. The van der Waals surface area contributed by atoms with Gasteiger partial charge in [-0.15, -0.1) is 0 Å². The van der Waals surface area contributed by atoms with Crippen LogP contribution in [0.4, 0.5) is 0 Å². The number of carboxylic acid groups (broad SMARTS) is 1. The van der Waals surface area contributed by atoms with Gasteiger partial charge in [-0.25, -0.2) is 4.79 Å². The van der Waals surface area contributed by atoms with Gasteiger partial charge in [0.25, 0.3) is 5.91 Å². The van der Waals surface area contributed by atoms with Gasteiger partial charge in [-0.3, -0.25) is 4.79 Å². The van der Waals surface area contributed by atoms with Crippen LogP contribution in [0.2, 0.25) is 5.22 Å². The molecule has 0 radical (unpaired) electrons. The van der Waals surface area contributed by atoms with E-state index in [-0.39, 0.29) is 22.7 Å². The third-order valence-corrected chi connectivity index (χ3v) is 5.03. The smallest absolute Gasteiger partial charge is 0.326 e. The summed E-state index contributed by atoms with van der Waals surface area (Å²) in [4.78, 5) is 25.9. The maximum atomic E-state index is 12.8. The Morgan fingerprint density at radius 2 is 2.00 bits per heavy atom. The SMILES string of the molecule is O=C(O)C1CCC2CCCCC2N1C(=O)c1ccoc1Cl. The van der Waals surface area contributed by atoms with Crippen LogP contribution >= 0.6 is 11.6 Å². The van der Waals surface area contributed by atoms with Crippen LogP contribution in [-0.2, 0) is 4.79 Å². The normalized spacial score (nSPS) is 29.0. The van der Waals surface area contributed by atoms with Crippen LogP contribution in [-0.4, -0.2) is 34.0 Å². The molecule has 1 saturated carbocycles. The molecule has 6 heteroatoms. The summed E-state index contributed by atoms with van der Waals surface area (Å²) in [6.45, 7) is 0. The number of halogens is 1. The Hall–Kier alpha value is -1.49. The molecule has 0 aromatic carbocycles. The average Bonchev–Trinajstić information content (AvgIpc) is 2.91. The standard InChI is InChI=1S/C15H18ClNO4/c16-13-10(7-8-21-13)14(18)17-11-4-2-1-3-9(11)5-6-12(17)15(19)20/h7-9,11-12H,1-6H2,(H,19,20). The Morgan fingerprint density at radius 3 is 2.67 bits per heavy atom. The summed E-state index contributed by atoms with van der Waals surface area (Å²) in [6, 6.07) is 0.755. The number of nitrogens with zero attached hydrogens (tertiary/aromatic N) is 1. The highest BCUT2D eigenvalue weighted by molar-refractivity contribution is 6.32. The molecular formula is C15H18ClNO4. The zero-order chi connectivity index (χ0) is 15.0. The van der Waals surface area contributed by atoms with E-state index in [4.69, 9.17) is 16.0 Å². The maximum absolute atomic E-state index is 12.8. The van der Waals surface area contributed by atoms with Gasteiger partial charge in [0.2, 0.25) is 5.22 Å². The van der Waals surface area contributed by atoms with Gasteiger partial charge in [0, 0.05) is 6.04 Å². The lowest BCUT2D eigenvalue weighted by atomic mass is 9.76. The number of carbonyl (C=O) groups is 2. The van der Waals surface area contributed by atoms with Crippen LogP contribution in [0.15, 0.2) is 16.7 Å². The van der Waals surface area contributed by atoms with Gasteiger partial charge in [0.05, 0.1) is 11.8 Å². The zero-order valence-corrected chi connectivity index (χ0v) is 12.4. The van der Waals surface area contributed by atoms with Crippen molar-refractivity contribution >= 4 is 23.5 Å². The van der Waals surface area contributed by atoms with Crippen molar-refractivity contribution in [2.24, 2.45) is 5.92 Å². The van der Waals surface area contributed by atoms with E-state index >= 15 is 0 Å². The molecule has 1 aromatic rings. The first-order valence-electron chi connectivity index (χ1n) is 7.38. The van der Waals surface area contributed by atoms with Gasteiger partial charge in [0.1, 0.15) is 6.04 Å². The number of hydrogen-bond donors (Lipinski definition) is 1. The molecule has 21 heavy (non-hydrogen) atoms. The summed E-state index contributed by atoms with van der Waals surface area (Å²) in [6.07, 6.45) is 6.88. The van der Waals surface area contributed by atoms with Crippen LogP contribution < -0.4 is 0 Å². The fourth-order valence-corrected chi connectivity index (χ4v) is 3.95. The molecule has 2 aliphatic rings. The highest BCUT2D eigenvalue weighted by Gasteiger charge is 2.44. The van der Waals surface area contributed by atoms with E-state index in [1.807, 2.05) is 0 Å². The summed E-state index contributed by atoms with van der Waals surface area (Å²) in [7, 11) is 0. The van der Waals surface area contributed by atoms with Crippen molar-refractivity contribution in [2.75, 3.05) is 0 Å². The third-order valence-electron chi connectivity index (χ3n) is 4.74. The molecule has 3 rings (SSSR count). The lowest BCUT2D eigenvalue weighted by Crippen LogP contribution is -2.57. The monoisotopic (exact) mass is 311 g/mol. The minimum atomic E-state index is -0.938. The van der Waals surface area contributed by atoms with Gasteiger partial charge >= 0.3 is 5.97 Å². The highest BCUT2D eigenvalue weighted by Crippen LogP contribution is 2.39. The van der Waals surface area contributed by atoms with Crippen LogP contribution in [0.3, 0.4) is 0 Å². The molecule has 3 atom stereocenters. The Labute approximate surface area is 127 Å². The van der Waals surface area contributed by atoms with Crippen molar-refractivity contribution in [1.82, 2.24) is 4.90 Å². The third kappa shape index (κ3) is 2.55. The molecule has 1 aromatic heterocycles. The molecule has 0 spiro atoms. The molecule has 2 fully saturated rings. The number of amides is 1. The van der Waals surface area contributed by atoms with Gasteiger partial charge in [-0.2, -0.15) is 0 Å². The first-order valence-corrected chi connectivity index (χ1v) is 7.76. The van der Waals surface area contributed by atoms with Crippen molar-refractivity contribution < 1.29 is 19.1 Å². The lowest BCUT2D eigenvalue weighted by Gasteiger charge is -2.47. The molecular weight excluding hydrogens is 294 g/mol. The molecule has 1 amide bonds. The van der Waals surface area contributed by atoms with E-state index in [1.54, 1.807) is 4.90 Å². The van der Waals surface area contributed by atoms with Crippen molar-refractivity contribution in [3.63, 3.8) is 0 Å². The second-order valence-electron chi connectivity index (χ2n) is 5.86. The van der Waals surface area contributed by atoms with Crippen LogP contribution in [0.25, 0.3) is 0 Å². The van der Waals surface area contributed by atoms with Crippen LogP contribution in [0.5, 0.6) is 0 Å². The van der Waals surface area contributed by atoms with E-state index in [0.717, 1.165) is 32.1 Å². The second-order valence-corrected chi connectivity index (χ2v) is 6.21. The number of aliphatic carboxylic acids is 1. The Morgan fingerprint density at radius 1 is 1.24 bits per heavy atom. The van der Waals surface area contributed by atoms with E-state index in [9.17, 15) is 14.7 Å². The predicted molar refractivity (Wildman–Crippen MR) is 76.3 cm³/mol. The fourth-order valence-electron chi connectivity index (χ4n) is 3.75. The Kier molecular flexibility index (Phi) is 3.93. The summed E-state index contributed by atoms with van der Waals surface area (Å²) in [5, 5.41) is 9.49. The lowest BCUT2D eigenvalue weighted by molar-refractivity contribution is -0.146. The van der Waals surface area contributed by atoms with Gasteiger partial charge in [0.15, 0.2) is 0 Å². The maximum Gasteiger partial charge on any atom is 0.326 e. The summed E-state index contributed by atoms with van der Waals surface area (Å²) in [5.74, 6) is -0.853. The second kappa shape index (κ2) is 5.72. The Balaban J connectivity index is 1.94. The highest BCUT2D eigenvalue weighted by atomic mass is 35.5. The number of carboxylic acids is 1. The Bertz CT molecular complexity index is 556. The van der Waals surface area contributed by atoms with E-state index in [1.165, 1.54) is 12.3 Å². The number of carbonyl (C=O) groups excluding carboxylic acids is 1.